The lowest BCUT2D eigenvalue weighted by molar-refractivity contribution is -0.116. The molecule has 2 aliphatic rings. The zero-order valence-corrected chi connectivity index (χ0v) is 18.2. The van der Waals surface area contributed by atoms with E-state index >= 15 is 0 Å². The van der Waals surface area contributed by atoms with Gasteiger partial charge in [-0.2, -0.15) is 0 Å². The van der Waals surface area contributed by atoms with Gasteiger partial charge in [0.15, 0.2) is 11.7 Å². The number of hydrogen-bond acceptors (Lipinski definition) is 3. The highest BCUT2D eigenvalue weighted by Gasteiger charge is 2.42. The molecule has 0 amide bonds. The van der Waals surface area contributed by atoms with Crippen molar-refractivity contribution in [3.63, 3.8) is 0 Å². The molecule has 0 aliphatic carbocycles. The number of Topliss-reactive ketones (excluding diaryl/α,β-unsaturated/α-hetero) is 1. The number of fused-ring (bicyclic) bond motifs is 1. The smallest absolute Gasteiger partial charge is 0.190 e. The Morgan fingerprint density at radius 1 is 1.07 bits per heavy atom. The molecule has 2 aromatic carbocycles. The third-order valence-corrected chi connectivity index (χ3v) is 6.01. The normalized spacial score (nSPS) is 20.8. The van der Waals surface area contributed by atoms with Crippen molar-refractivity contribution in [2.75, 3.05) is 6.61 Å². The van der Waals surface area contributed by atoms with Crippen molar-refractivity contribution >= 4 is 11.4 Å². The average Bonchev–Trinajstić information content (AvgIpc) is 3.16. The second-order valence-electron chi connectivity index (χ2n) is 8.66. The van der Waals surface area contributed by atoms with Gasteiger partial charge < -0.3 is 9.64 Å². The van der Waals surface area contributed by atoms with Crippen molar-refractivity contribution in [3.05, 3.63) is 89.3 Å². The lowest BCUT2D eigenvalue weighted by Gasteiger charge is -2.39. The Labute approximate surface area is 180 Å². The van der Waals surface area contributed by atoms with Crippen LogP contribution >= 0.6 is 0 Å². The SMILES string of the molecule is CCC(=O)C1=C(c2ccccc2)C=C2OC[C@H](Cc3ccccc3)N2[C@H]1CC(C)C. The Morgan fingerprint density at radius 3 is 2.37 bits per heavy atom. The Hall–Kier alpha value is -2.81. The molecule has 0 unspecified atom stereocenters. The van der Waals surface area contributed by atoms with Crippen LogP contribution in [0.1, 0.15) is 44.7 Å². The van der Waals surface area contributed by atoms with E-state index in [4.69, 9.17) is 4.74 Å². The molecule has 3 heteroatoms. The van der Waals surface area contributed by atoms with Crippen molar-refractivity contribution < 1.29 is 9.53 Å². The molecule has 0 radical (unpaired) electrons. The molecular weight excluding hydrogens is 370 g/mol. The van der Waals surface area contributed by atoms with Crippen LogP contribution in [-0.4, -0.2) is 29.4 Å². The van der Waals surface area contributed by atoms with Crippen LogP contribution in [0.15, 0.2) is 78.2 Å². The topological polar surface area (TPSA) is 29.5 Å². The fourth-order valence-corrected chi connectivity index (χ4v) is 4.66. The summed E-state index contributed by atoms with van der Waals surface area (Å²) < 4.78 is 6.21. The summed E-state index contributed by atoms with van der Waals surface area (Å²) in [5.41, 5.74) is 4.37. The number of carbonyl (C=O) groups is 1. The predicted octanol–water partition coefficient (Wildman–Crippen LogP) is 5.63. The van der Waals surface area contributed by atoms with Crippen LogP contribution in [0, 0.1) is 5.92 Å². The molecule has 156 valence electrons. The molecule has 30 heavy (non-hydrogen) atoms. The zero-order chi connectivity index (χ0) is 21.1. The summed E-state index contributed by atoms with van der Waals surface area (Å²) in [5, 5.41) is 0. The molecular formula is C27H31NO2. The summed E-state index contributed by atoms with van der Waals surface area (Å²) in [6.45, 7) is 7.09. The number of carbonyl (C=O) groups excluding carboxylic acids is 1. The highest BCUT2D eigenvalue weighted by atomic mass is 16.5. The van der Waals surface area contributed by atoms with E-state index in [1.54, 1.807) is 0 Å². The van der Waals surface area contributed by atoms with Crippen LogP contribution in [0.2, 0.25) is 0 Å². The van der Waals surface area contributed by atoms with Crippen molar-refractivity contribution in [2.45, 2.75) is 52.1 Å². The molecule has 0 aromatic heterocycles. The van der Waals surface area contributed by atoms with E-state index < -0.39 is 0 Å². The summed E-state index contributed by atoms with van der Waals surface area (Å²) in [5.74, 6) is 1.62. The van der Waals surface area contributed by atoms with E-state index in [1.807, 2.05) is 25.1 Å². The van der Waals surface area contributed by atoms with Gasteiger partial charge in [-0.15, -0.1) is 0 Å². The second-order valence-corrected chi connectivity index (χ2v) is 8.66. The van der Waals surface area contributed by atoms with Crippen LogP contribution in [0.3, 0.4) is 0 Å². The Kier molecular flexibility index (Phi) is 6.08. The zero-order valence-electron chi connectivity index (χ0n) is 18.2. The lowest BCUT2D eigenvalue weighted by Crippen LogP contribution is -2.45. The fourth-order valence-electron chi connectivity index (χ4n) is 4.66. The van der Waals surface area contributed by atoms with Crippen molar-refractivity contribution in [2.24, 2.45) is 5.92 Å². The summed E-state index contributed by atoms with van der Waals surface area (Å²) in [4.78, 5) is 15.6. The number of rotatable bonds is 7. The number of ether oxygens (including phenoxy) is 1. The van der Waals surface area contributed by atoms with Gasteiger partial charge in [0.05, 0.1) is 12.1 Å². The number of hydrogen-bond donors (Lipinski definition) is 0. The first-order valence-corrected chi connectivity index (χ1v) is 11.1. The molecule has 0 spiro atoms. The van der Waals surface area contributed by atoms with Gasteiger partial charge in [-0.3, -0.25) is 4.79 Å². The average molecular weight is 402 g/mol. The Bertz CT molecular complexity index is 943. The van der Waals surface area contributed by atoms with Crippen molar-refractivity contribution in [3.8, 4) is 0 Å². The molecule has 2 atom stereocenters. The third-order valence-electron chi connectivity index (χ3n) is 6.01. The number of benzene rings is 2. The molecule has 2 heterocycles. The van der Waals surface area contributed by atoms with E-state index in [2.05, 4.69) is 67.3 Å². The maximum atomic E-state index is 13.2. The Balaban J connectivity index is 1.78. The van der Waals surface area contributed by atoms with Gasteiger partial charge in [-0.25, -0.2) is 0 Å². The second kappa shape index (κ2) is 8.91. The number of ketones is 1. The standard InChI is InChI=1S/C27H31NO2/c1-4-25(29)27-23(21-13-9-6-10-14-21)17-26-28(24(27)15-19(2)3)22(18-30-26)16-20-11-7-5-8-12-20/h5-14,17,19,22,24H,4,15-16,18H2,1-3H3/t22-,24-/m0/s1. The van der Waals surface area contributed by atoms with E-state index in [1.165, 1.54) is 5.56 Å². The monoisotopic (exact) mass is 401 g/mol. The Morgan fingerprint density at radius 2 is 1.73 bits per heavy atom. The van der Waals surface area contributed by atoms with Crippen LogP contribution in [0.25, 0.3) is 5.57 Å². The minimum atomic E-state index is 0.0452. The first kappa shape index (κ1) is 20.5. The third kappa shape index (κ3) is 4.07. The molecule has 0 N–H and O–H groups in total. The van der Waals surface area contributed by atoms with E-state index in [0.29, 0.717) is 18.9 Å². The highest BCUT2D eigenvalue weighted by Crippen LogP contribution is 2.41. The molecule has 1 saturated heterocycles. The van der Waals surface area contributed by atoms with Gasteiger partial charge in [0.2, 0.25) is 0 Å². The van der Waals surface area contributed by atoms with Crippen LogP contribution in [0.5, 0.6) is 0 Å². The summed E-state index contributed by atoms with van der Waals surface area (Å²) in [6, 6.07) is 21.1. The minimum absolute atomic E-state index is 0.0452. The molecule has 1 fully saturated rings. The molecule has 2 aliphatic heterocycles. The van der Waals surface area contributed by atoms with Crippen LogP contribution in [0.4, 0.5) is 0 Å². The van der Waals surface area contributed by atoms with Crippen molar-refractivity contribution in [1.82, 2.24) is 4.90 Å². The van der Waals surface area contributed by atoms with Gasteiger partial charge in [0.1, 0.15) is 6.61 Å². The minimum Gasteiger partial charge on any atom is -0.477 e. The summed E-state index contributed by atoms with van der Waals surface area (Å²) in [6.07, 6.45) is 4.46. The summed E-state index contributed by atoms with van der Waals surface area (Å²) >= 11 is 0. The van der Waals surface area contributed by atoms with E-state index in [0.717, 1.165) is 35.4 Å². The van der Waals surface area contributed by atoms with Gasteiger partial charge >= 0.3 is 0 Å². The van der Waals surface area contributed by atoms with Gasteiger partial charge in [-0.1, -0.05) is 81.4 Å². The van der Waals surface area contributed by atoms with E-state index in [-0.39, 0.29) is 17.9 Å². The molecule has 0 bridgehead atoms. The number of nitrogens with zero attached hydrogens (tertiary/aromatic N) is 1. The lowest BCUT2D eigenvalue weighted by atomic mass is 9.83. The van der Waals surface area contributed by atoms with Crippen LogP contribution in [-0.2, 0) is 16.0 Å². The first-order chi connectivity index (χ1) is 14.6. The highest BCUT2D eigenvalue weighted by molar-refractivity contribution is 6.06. The quantitative estimate of drug-likeness (QED) is 0.602. The van der Waals surface area contributed by atoms with Crippen molar-refractivity contribution in [1.29, 1.82) is 0 Å². The van der Waals surface area contributed by atoms with Gasteiger partial charge in [0.25, 0.3) is 0 Å². The molecule has 2 aromatic rings. The molecule has 3 nitrogen and oxygen atoms in total. The first-order valence-electron chi connectivity index (χ1n) is 11.1. The van der Waals surface area contributed by atoms with E-state index in [9.17, 15) is 4.79 Å². The maximum absolute atomic E-state index is 13.2. The van der Waals surface area contributed by atoms with Crippen LogP contribution < -0.4 is 0 Å². The van der Waals surface area contributed by atoms with Gasteiger partial charge in [0, 0.05) is 18.1 Å². The fraction of sp³-hybridized carbons (Fsp3) is 0.370. The molecule has 0 saturated carbocycles. The summed E-state index contributed by atoms with van der Waals surface area (Å²) in [7, 11) is 0. The predicted molar refractivity (Wildman–Crippen MR) is 122 cm³/mol. The van der Waals surface area contributed by atoms with Gasteiger partial charge in [-0.05, 0) is 35.5 Å². The largest absolute Gasteiger partial charge is 0.477 e. The number of allylic oxidation sites excluding steroid dienone is 2. The maximum Gasteiger partial charge on any atom is 0.190 e. The molecule has 4 rings (SSSR count).